The molecule has 7 nitrogen and oxygen atoms in total. The smallest absolute Gasteiger partial charge is 0.231 e. The summed E-state index contributed by atoms with van der Waals surface area (Å²) in [7, 11) is 3.76. The van der Waals surface area contributed by atoms with Gasteiger partial charge in [-0.3, -0.25) is 9.67 Å². The molecule has 2 heterocycles. The number of benzene rings is 1. The molecule has 27 heavy (non-hydrogen) atoms. The summed E-state index contributed by atoms with van der Waals surface area (Å²) in [6, 6.07) is 6.19. The van der Waals surface area contributed by atoms with Crippen molar-refractivity contribution in [2.75, 3.05) is 13.8 Å². The van der Waals surface area contributed by atoms with E-state index >= 15 is 0 Å². The maximum absolute atomic E-state index is 5.42. The average Bonchev–Trinajstić information content (AvgIpc) is 3.18. The Morgan fingerprint density at radius 3 is 2.70 bits per heavy atom. The van der Waals surface area contributed by atoms with Crippen LogP contribution in [0.25, 0.3) is 0 Å². The number of aromatic nitrogens is 2. The number of fused-ring (bicyclic) bond motifs is 1. The predicted octanol–water partition coefficient (Wildman–Crippen LogP) is 2.68. The number of halogens is 1. The number of rotatable bonds is 5. The zero-order valence-corrected chi connectivity index (χ0v) is 18.8. The van der Waals surface area contributed by atoms with Crippen molar-refractivity contribution in [2.24, 2.45) is 12.0 Å². The molecule has 0 amide bonds. The molecule has 0 spiro atoms. The molecule has 1 aromatic carbocycles. The van der Waals surface area contributed by atoms with Crippen LogP contribution in [-0.2, 0) is 20.0 Å². The van der Waals surface area contributed by atoms with Gasteiger partial charge in [-0.1, -0.05) is 6.07 Å². The second kappa shape index (κ2) is 9.29. The topological polar surface area (TPSA) is 72.7 Å². The second-order valence-electron chi connectivity index (χ2n) is 6.64. The van der Waals surface area contributed by atoms with E-state index < -0.39 is 0 Å². The standard InChI is InChI=1S/C19H27N5O2.HI/c1-12(8-16-13(2)23-24(5)14(16)3)22-19(20-4)21-10-15-6-7-17-18(9-15)26-11-25-17;/h6-7,9,12H,8,10-11H2,1-5H3,(H2,20,21,22);1H. The number of nitrogens with zero attached hydrogens (tertiary/aromatic N) is 3. The summed E-state index contributed by atoms with van der Waals surface area (Å²) in [6.45, 7) is 7.27. The normalized spacial score (nSPS) is 13.9. The molecule has 3 rings (SSSR count). The van der Waals surface area contributed by atoms with Gasteiger partial charge in [0.15, 0.2) is 17.5 Å². The first-order valence-corrected chi connectivity index (χ1v) is 8.82. The highest BCUT2D eigenvalue weighted by atomic mass is 127. The second-order valence-corrected chi connectivity index (χ2v) is 6.64. The third kappa shape index (κ3) is 5.06. The fraction of sp³-hybridized carbons (Fsp3) is 0.474. The van der Waals surface area contributed by atoms with Gasteiger partial charge in [0.05, 0.1) is 5.69 Å². The van der Waals surface area contributed by atoms with Crippen LogP contribution in [0.4, 0.5) is 0 Å². The van der Waals surface area contributed by atoms with Gasteiger partial charge in [-0.15, -0.1) is 24.0 Å². The van der Waals surface area contributed by atoms with Gasteiger partial charge in [0.25, 0.3) is 0 Å². The summed E-state index contributed by atoms with van der Waals surface area (Å²) in [6.07, 6.45) is 0.899. The van der Waals surface area contributed by atoms with Crippen LogP contribution < -0.4 is 20.1 Å². The minimum atomic E-state index is 0. The first-order chi connectivity index (χ1) is 12.5. The van der Waals surface area contributed by atoms with Gasteiger partial charge in [0, 0.05) is 32.4 Å². The summed E-state index contributed by atoms with van der Waals surface area (Å²) in [4.78, 5) is 4.32. The maximum atomic E-state index is 5.42. The third-order valence-electron chi connectivity index (χ3n) is 4.67. The van der Waals surface area contributed by atoms with Gasteiger partial charge < -0.3 is 20.1 Å². The lowest BCUT2D eigenvalue weighted by Gasteiger charge is -2.18. The first kappa shape index (κ1) is 21.3. The number of guanidine groups is 1. The molecule has 1 aliphatic rings. The fourth-order valence-electron chi connectivity index (χ4n) is 3.13. The molecule has 1 aromatic heterocycles. The van der Waals surface area contributed by atoms with E-state index in [1.54, 1.807) is 7.05 Å². The Hall–Kier alpha value is -1.97. The SMILES string of the molecule is CN=C(NCc1ccc2c(c1)OCO2)NC(C)Cc1c(C)nn(C)c1C.I. The van der Waals surface area contributed by atoms with Crippen LogP contribution in [-0.4, -0.2) is 35.6 Å². The molecule has 0 bridgehead atoms. The lowest BCUT2D eigenvalue weighted by atomic mass is 10.1. The molecular formula is C19H28IN5O2. The molecule has 1 unspecified atom stereocenters. The van der Waals surface area contributed by atoms with Gasteiger partial charge in [-0.2, -0.15) is 5.10 Å². The molecule has 1 aliphatic heterocycles. The molecule has 0 saturated carbocycles. The highest BCUT2D eigenvalue weighted by Gasteiger charge is 2.15. The van der Waals surface area contributed by atoms with Gasteiger partial charge in [0.2, 0.25) is 6.79 Å². The van der Waals surface area contributed by atoms with E-state index in [0.29, 0.717) is 13.3 Å². The van der Waals surface area contributed by atoms with E-state index in [2.05, 4.69) is 41.5 Å². The number of aryl methyl sites for hydroxylation is 2. The Morgan fingerprint density at radius 2 is 2.04 bits per heavy atom. The van der Waals surface area contributed by atoms with E-state index in [4.69, 9.17) is 9.47 Å². The van der Waals surface area contributed by atoms with Crippen LogP contribution >= 0.6 is 24.0 Å². The van der Waals surface area contributed by atoms with Gasteiger partial charge in [0.1, 0.15) is 0 Å². The molecule has 0 radical (unpaired) electrons. The third-order valence-corrected chi connectivity index (χ3v) is 4.67. The van der Waals surface area contributed by atoms with Crippen LogP contribution in [0.1, 0.15) is 29.4 Å². The quantitative estimate of drug-likeness (QED) is 0.387. The Balaban J connectivity index is 0.00000261. The van der Waals surface area contributed by atoms with Crippen LogP contribution in [0.15, 0.2) is 23.2 Å². The minimum Gasteiger partial charge on any atom is -0.454 e. The molecule has 2 aromatic rings. The number of hydrogen-bond acceptors (Lipinski definition) is 4. The largest absolute Gasteiger partial charge is 0.454 e. The zero-order chi connectivity index (χ0) is 18.7. The molecule has 8 heteroatoms. The first-order valence-electron chi connectivity index (χ1n) is 8.82. The molecule has 1 atom stereocenters. The Morgan fingerprint density at radius 1 is 1.30 bits per heavy atom. The van der Waals surface area contributed by atoms with Crippen LogP contribution in [0, 0.1) is 13.8 Å². The Kier molecular flexibility index (Phi) is 7.34. The van der Waals surface area contributed by atoms with Crippen molar-refractivity contribution in [1.82, 2.24) is 20.4 Å². The highest BCUT2D eigenvalue weighted by molar-refractivity contribution is 14.0. The molecule has 0 saturated heterocycles. The summed E-state index contributed by atoms with van der Waals surface area (Å²) >= 11 is 0. The lowest BCUT2D eigenvalue weighted by molar-refractivity contribution is 0.174. The van der Waals surface area contributed by atoms with E-state index in [0.717, 1.165) is 35.1 Å². The van der Waals surface area contributed by atoms with Crippen molar-refractivity contribution in [3.8, 4) is 11.5 Å². The monoisotopic (exact) mass is 485 g/mol. The van der Waals surface area contributed by atoms with E-state index in [9.17, 15) is 0 Å². The van der Waals surface area contributed by atoms with E-state index in [1.165, 1.54) is 11.3 Å². The van der Waals surface area contributed by atoms with Crippen LogP contribution in [0.2, 0.25) is 0 Å². The van der Waals surface area contributed by atoms with Gasteiger partial charge >= 0.3 is 0 Å². The van der Waals surface area contributed by atoms with Gasteiger partial charge in [-0.05, 0) is 50.5 Å². The lowest BCUT2D eigenvalue weighted by Crippen LogP contribution is -2.42. The zero-order valence-electron chi connectivity index (χ0n) is 16.5. The Bertz CT molecular complexity index is 819. The van der Waals surface area contributed by atoms with Crippen molar-refractivity contribution in [2.45, 2.75) is 39.8 Å². The number of nitrogens with one attached hydrogen (secondary N) is 2. The van der Waals surface area contributed by atoms with Crippen LogP contribution in [0.5, 0.6) is 11.5 Å². The van der Waals surface area contributed by atoms with Crippen molar-refractivity contribution in [3.63, 3.8) is 0 Å². The minimum absolute atomic E-state index is 0. The van der Waals surface area contributed by atoms with E-state index in [1.807, 2.05) is 29.9 Å². The Labute approximate surface area is 177 Å². The molecular weight excluding hydrogens is 457 g/mol. The maximum Gasteiger partial charge on any atom is 0.231 e. The summed E-state index contributed by atoms with van der Waals surface area (Å²) in [5, 5.41) is 11.3. The fourth-order valence-corrected chi connectivity index (χ4v) is 3.13. The molecule has 0 fully saturated rings. The summed E-state index contributed by atoms with van der Waals surface area (Å²) in [5.41, 5.74) is 4.70. The number of aliphatic imine (C=N–C) groups is 1. The van der Waals surface area contributed by atoms with E-state index in [-0.39, 0.29) is 30.0 Å². The van der Waals surface area contributed by atoms with Gasteiger partial charge in [-0.25, -0.2) is 0 Å². The molecule has 148 valence electrons. The number of ether oxygens (including phenoxy) is 2. The molecule has 2 N–H and O–H groups in total. The summed E-state index contributed by atoms with van der Waals surface area (Å²) in [5.74, 6) is 2.37. The summed E-state index contributed by atoms with van der Waals surface area (Å²) < 4.78 is 12.7. The highest BCUT2D eigenvalue weighted by Crippen LogP contribution is 2.32. The van der Waals surface area contributed by atoms with Crippen molar-refractivity contribution in [1.29, 1.82) is 0 Å². The van der Waals surface area contributed by atoms with Crippen molar-refractivity contribution in [3.05, 3.63) is 40.7 Å². The predicted molar refractivity (Wildman–Crippen MR) is 117 cm³/mol. The van der Waals surface area contributed by atoms with Crippen LogP contribution in [0.3, 0.4) is 0 Å². The number of hydrogen-bond donors (Lipinski definition) is 2. The van der Waals surface area contributed by atoms with Crippen molar-refractivity contribution < 1.29 is 9.47 Å². The molecule has 0 aliphatic carbocycles. The average molecular weight is 485 g/mol. The van der Waals surface area contributed by atoms with Crippen molar-refractivity contribution >= 4 is 29.9 Å².